The fourth-order valence-electron chi connectivity index (χ4n) is 2.08. The predicted octanol–water partition coefficient (Wildman–Crippen LogP) is 3.08. The fraction of sp³-hybridized carbons (Fsp3) is 0.308. The van der Waals surface area contributed by atoms with Gasteiger partial charge in [-0.25, -0.2) is 17.9 Å². The SMILES string of the molecule is O=C(O)c1cc(S(=O)(=O)NC2CC=CCC2)c(Cl)cc1Cl. The summed E-state index contributed by atoms with van der Waals surface area (Å²) in [7, 11) is -3.90. The minimum absolute atomic E-state index is 0.105. The molecule has 1 aliphatic rings. The van der Waals surface area contributed by atoms with Gasteiger partial charge in [-0.2, -0.15) is 0 Å². The predicted molar refractivity (Wildman–Crippen MR) is 80.5 cm³/mol. The summed E-state index contributed by atoms with van der Waals surface area (Å²) in [5.41, 5.74) is -0.301. The molecular weight excluding hydrogens is 337 g/mol. The van der Waals surface area contributed by atoms with Crippen LogP contribution in [0.2, 0.25) is 10.0 Å². The third-order valence-corrected chi connectivity index (χ3v) is 5.43. The van der Waals surface area contributed by atoms with Crippen LogP contribution < -0.4 is 4.72 Å². The second kappa shape index (κ2) is 6.36. The zero-order valence-electron chi connectivity index (χ0n) is 10.8. The number of rotatable bonds is 4. The lowest BCUT2D eigenvalue weighted by molar-refractivity contribution is 0.0697. The highest BCUT2D eigenvalue weighted by Crippen LogP contribution is 2.29. The van der Waals surface area contributed by atoms with Gasteiger partial charge < -0.3 is 5.11 Å². The number of halogens is 2. The Hall–Kier alpha value is -1.08. The second-order valence-electron chi connectivity index (χ2n) is 4.67. The quantitative estimate of drug-likeness (QED) is 0.818. The van der Waals surface area contributed by atoms with E-state index in [1.807, 2.05) is 12.2 Å². The molecule has 1 atom stereocenters. The standard InChI is InChI=1S/C13H13Cl2NO4S/c14-10-7-11(15)12(6-9(10)13(17)18)21(19,20)16-8-4-2-1-3-5-8/h1-2,6-8,16H,3-5H2,(H,17,18). The number of carboxylic acids is 1. The molecule has 0 radical (unpaired) electrons. The van der Waals surface area contributed by atoms with Crippen molar-refractivity contribution < 1.29 is 18.3 Å². The Morgan fingerprint density at radius 3 is 2.52 bits per heavy atom. The molecule has 0 spiro atoms. The minimum Gasteiger partial charge on any atom is -0.478 e. The summed E-state index contributed by atoms with van der Waals surface area (Å²) in [5.74, 6) is -1.31. The third-order valence-electron chi connectivity index (χ3n) is 3.13. The van der Waals surface area contributed by atoms with Crippen LogP contribution in [-0.2, 0) is 10.0 Å². The molecule has 0 heterocycles. The van der Waals surface area contributed by atoms with Gasteiger partial charge in [-0.1, -0.05) is 35.4 Å². The monoisotopic (exact) mass is 349 g/mol. The average molecular weight is 350 g/mol. The largest absolute Gasteiger partial charge is 0.478 e. The molecule has 0 fully saturated rings. The second-order valence-corrected chi connectivity index (χ2v) is 7.17. The maximum Gasteiger partial charge on any atom is 0.337 e. The van der Waals surface area contributed by atoms with Gasteiger partial charge in [0.1, 0.15) is 4.90 Å². The van der Waals surface area contributed by atoms with Crippen molar-refractivity contribution >= 4 is 39.2 Å². The van der Waals surface area contributed by atoms with E-state index in [1.165, 1.54) is 0 Å². The van der Waals surface area contributed by atoms with Crippen LogP contribution in [0.15, 0.2) is 29.2 Å². The Labute approximate surface area is 132 Å². The van der Waals surface area contributed by atoms with Crippen LogP contribution in [0.3, 0.4) is 0 Å². The summed E-state index contributed by atoms with van der Waals surface area (Å²) < 4.78 is 27.2. The number of aromatic carboxylic acids is 1. The summed E-state index contributed by atoms with van der Waals surface area (Å²) in [6.45, 7) is 0. The molecule has 0 bridgehead atoms. The number of allylic oxidation sites excluding steroid dienone is 1. The van der Waals surface area contributed by atoms with Gasteiger partial charge >= 0.3 is 5.97 Å². The topological polar surface area (TPSA) is 83.5 Å². The van der Waals surface area contributed by atoms with E-state index in [0.717, 1.165) is 18.6 Å². The summed E-state index contributed by atoms with van der Waals surface area (Å²) in [6.07, 6.45) is 5.97. The Morgan fingerprint density at radius 1 is 1.24 bits per heavy atom. The van der Waals surface area contributed by atoms with E-state index in [4.69, 9.17) is 28.3 Å². The number of benzene rings is 1. The van der Waals surface area contributed by atoms with Crippen LogP contribution >= 0.6 is 23.2 Å². The summed E-state index contributed by atoms with van der Waals surface area (Å²) >= 11 is 11.6. The zero-order valence-corrected chi connectivity index (χ0v) is 13.2. The molecule has 2 rings (SSSR count). The van der Waals surface area contributed by atoms with Gasteiger partial charge in [-0.15, -0.1) is 0 Å². The number of carboxylic acid groups (broad SMARTS) is 1. The lowest BCUT2D eigenvalue weighted by Crippen LogP contribution is -2.35. The first-order valence-electron chi connectivity index (χ1n) is 6.21. The zero-order chi connectivity index (χ0) is 15.6. The first-order valence-corrected chi connectivity index (χ1v) is 8.45. The summed E-state index contributed by atoms with van der Waals surface area (Å²) in [4.78, 5) is 10.8. The van der Waals surface area contributed by atoms with Crippen molar-refractivity contribution in [1.29, 1.82) is 0 Å². The molecule has 1 aromatic carbocycles. The van der Waals surface area contributed by atoms with Crippen molar-refractivity contribution in [3.05, 3.63) is 39.9 Å². The van der Waals surface area contributed by atoms with Crippen molar-refractivity contribution in [2.24, 2.45) is 0 Å². The van der Waals surface area contributed by atoms with Crippen molar-refractivity contribution in [3.8, 4) is 0 Å². The highest BCUT2D eigenvalue weighted by Gasteiger charge is 2.25. The van der Waals surface area contributed by atoms with E-state index in [9.17, 15) is 13.2 Å². The number of hydrogen-bond acceptors (Lipinski definition) is 3. The van der Waals surface area contributed by atoms with Crippen molar-refractivity contribution in [2.45, 2.75) is 30.2 Å². The van der Waals surface area contributed by atoms with Crippen LogP contribution in [0.4, 0.5) is 0 Å². The van der Waals surface area contributed by atoms with E-state index in [2.05, 4.69) is 4.72 Å². The number of nitrogens with one attached hydrogen (secondary N) is 1. The minimum atomic E-state index is -3.90. The van der Waals surface area contributed by atoms with E-state index < -0.39 is 16.0 Å². The molecule has 0 saturated heterocycles. The van der Waals surface area contributed by atoms with E-state index >= 15 is 0 Å². The maximum atomic E-state index is 12.4. The number of carbonyl (C=O) groups is 1. The average Bonchev–Trinajstić information content (AvgIpc) is 2.38. The molecule has 0 saturated carbocycles. The molecule has 1 aromatic rings. The van der Waals surface area contributed by atoms with Crippen LogP contribution in [0.5, 0.6) is 0 Å². The Morgan fingerprint density at radius 2 is 1.95 bits per heavy atom. The number of sulfonamides is 1. The van der Waals surface area contributed by atoms with Gasteiger partial charge in [0.25, 0.3) is 0 Å². The molecule has 2 N–H and O–H groups in total. The van der Waals surface area contributed by atoms with Gasteiger partial charge in [-0.3, -0.25) is 0 Å². The van der Waals surface area contributed by atoms with Gasteiger partial charge in [-0.05, 0) is 31.4 Å². The van der Waals surface area contributed by atoms with E-state index in [1.54, 1.807) is 0 Å². The van der Waals surface area contributed by atoms with Gasteiger partial charge in [0.2, 0.25) is 10.0 Å². The molecule has 5 nitrogen and oxygen atoms in total. The Kier molecular flexibility index (Phi) is 4.93. The molecule has 21 heavy (non-hydrogen) atoms. The van der Waals surface area contributed by atoms with Crippen molar-refractivity contribution in [1.82, 2.24) is 4.72 Å². The van der Waals surface area contributed by atoms with Crippen LogP contribution in [0, 0.1) is 0 Å². The smallest absolute Gasteiger partial charge is 0.337 e. The fourth-order valence-corrected chi connectivity index (χ4v) is 4.22. The Balaban J connectivity index is 2.37. The molecule has 1 aliphatic carbocycles. The van der Waals surface area contributed by atoms with Crippen molar-refractivity contribution in [2.75, 3.05) is 0 Å². The lowest BCUT2D eigenvalue weighted by atomic mass is 10.0. The molecule has 0 aliphatic heterocycles. The van der Waals surface area contributed by atoms with Crippen LogP contribution in [-0.4, -0.2) is 25.5 Å². The molecule has 1 unspecified atom stereocenters. The maximum absolute atomic E-state index is 12.4. The normalized spacial score (nSPS) is 18.7. The molecular formula is C13H13Cl2NO4S. The third kappa shape index (κ3) is 3.77. The summed E-state index contributed by atoms with van der Waals surface area (Å²) in [5, 5.41) is 8.80. The summed E-state index contributed by atoms with van der Waals surface area (Å²) in [6, 6.07) is 1.88. The van der Waals surface area contributed by atoms with Crippen LogP contribution in [0.25, 0.3) is 0 Å². The van der Waals surface area contributed by atoms with Crippen LogP contribution in [0.1, 0.15) is 29.6 Å². The Bertz CT molecular complexity index is 700. The lowest BCUT2D eigenvalue weighted by Gasteiger charge is -2.20. The molecule has 0 aromatic heterocycles. The first-order chi connectivity index (χ1) is 9.81. The van der Waals surface area contributed by atoms with Gasteiger partial charge in [0.05, 0.1) is 15.6 Å². The molecule has 8 heteroatoms. The van der Waals surface area contributed by atoms with Crippen molar-refractivity contribution in [3.63, 3.8) is 0 Å². The van der Waals surface area contributed by atoms with Gasteiger partial charge in [0, 0.05) is 6.04 Å². The highest BCUT2D eigenvalue weighted by molar-refractivity contribution is 7.89. The highest BCUT2D eigenvalue weighted by atomic mass is 35.5. The molecule has 114 valence electrons. The van der Waals surface area contributed by atoms with E-state index in [-0.39, 0.29) is 26.5 Å². The van der Waals surface area contributed by atoms with Gasteiger partial charge in [0.15, 0.2) is 0 Å². The van der Waals surface area contributed by atoms with E-state index in [0.29, 0.717) is 12.8 Å². The molecule has 0 amide bonds. The first kappa shape index (κ1) is 16.3. The number of hydrogen-bond donors (Lipinski definition) is 2.